The Hall–Kier alpha value is -3.51. The minimum Gasteiger partial charge on any atom is -0.377 e. The second-order valence-electron chi connectivity index (χ2n) is 5.46. The molecular weight excluding hydrogens is 353 g/mol. The molecule has 2 aromatic heterocycles. The normalized spacial score (nSPS) is 10.6. The predicted molar refractivity (Wildman–Crippen MR) is 95.2 cm³/mol. The molecule has 9 heteroatoms. The van der Waals surface area contributed by atoms with Crippen molar-refractivity contribution in [2.24, 2.45) is 0 Å². The molecule has 0 aliphatic rings. The highest BCUT2D eigenvalue weighted by molar-refractivity contribution is 5.70. The van der Waals surface area contributed by atoms with Gasteiger partial charge in [-0.05, 0) is 31.2 Å². The summed E-state index contributed by atoms with van der Waals surface area (Å²) >= 11 is 0. The Morgan fingerprint density at radius 1 is 1.33 bits per heavy atom. The van der Waals surface area contributed by atoms with Gasteiger partial charge in [-0.15, -0.1) is 0 Å². The molecule has 0 fully saturated rings. The Morgan fingerprint density at radius 2 is 2.11 bits per heavy atom. The first-order chi connectivity index (χ1) is 13.1. The third-order valence-electron chi connectivity index (χ3n) is 3.67. The smallest absolute Gasteiger partial charge is 0.357 e. The van der Waals surface area contributed by atoms with Crippen molar-refractivity contribution >= 4 is 5.82 Å². The topological polar surface area (TPSA) is 117 Å². The molecule has 0 radical (unpaired) electrons. The largest absolute Gasteiger partial charge is 0.377 e. The number of hydrogen-bond acceptors (Lipinski definition) is 7. The fourth-order valence-corrected chi connectivity index (χ4v) is 2.44. The van der Waals surface area contributed by atoms with Crippen molar-refractivity contribution in [3.63, 3.8) is 0 Å². The number of anilines is 1. The molecule has 0 aliphatic carbocycles. The van der Waals surface area contributed by atoms with Gasteiger partial charge in [0.25, 0.3) is 0 Å². The summed E-state index contributed by atoms with van der Waals surface area (Å²) in [5.41, 5.74) is 1.33. The van der Waals surface area contributed by atoms with Crippen LogP contribution in [0.2, 0.25) is 0 Å². The van der Waals surface area contributed by atoms with E-state index >= 15 is 0 Å². The zero-order valence-corrected chi connectivity index (χ0v) is 14.5. The standard InChI is InChI=1S/C18H16FN5O3/c1-2-26-10-13-16(14-9-15(25)27-24-14)22-17(23-18(13)21-8-7-20)11-3-5-12(19)6-4-11/h3-6,9,24H,2,8,10H2,1H3,(H,21,22,23). The number of aromatic nitrogens is 3. The number of rotatable bonds is 7. The zero-order chi connectivity index (χ0) is 19.2. The number of ether oxygens (including phenoxy) is 1. The minimum atomic E-state index is -0.555. The summed E-state index contributed by atoms with van der Waals surface area (Å²) in [4.78, 5) is 20.4. The Morgan fingerprint density at radius 3 is 2.74 bits per heavy atom. The van der Waals surface area contributed by atoms with Gasteiger partial charge in [0.1, 0.15) is 29.6 Å². The van der Waals surface area contributed by atoms with Gasteiger partial charge in [0, 0.05) is 17.7 Å². The highest BCUT2D eigenvalue weighted by Gasteiger charge is 2.19. The molecule has 2 heterocycles. The summed E-state index contributed by atoms with van der Waals surface area (Å²) in [6.07, 6.45) is 0. The van der Waals surface area contributed by atoms with Crippen molar-refractivity contribution in [2.75, 3.05) is 18.5 Å². The van der Waals surface area contributed by atoms with Crippen LogP contribution in [0.4, 0.5) is 10.2 Å². The number of nitriles is 1. The van der Waals surface area contributed by atoms with Crippen molar-refractivity contribution in [2.45, 2.75) is 13.5 Å². The molecule has 27 heavy (non-hydrogen) atoms. The maximum atomic E-state index is 13.2. The molecule has 0 bridgehead atoms. The van der Waals surface area contributed by atoms with E-state index in [9.17, 15) is 9.18 Å². The first-order valence-electron chi connectivity index (χ1n) is 8.16. The lowest BCUT2D eigenvalue weighted by atomic mass is 10.1. The number of nitrogens with zero attached hydrogens (tertiary/aromatic N) is 3. The van der Waals surface area contributed by atoms with Crippen LogP contribution in [0, 0.1) is 17.1 Å². The van der Waals surface area contributed by atoms with Gasteiger partial charge in [-0.25, -0.2) is 24.3 Å². The van der Waals surface area contributed by atoms with Crippen molar-refractivity contribution < 1.29 is 13.7 Å². The number of H-pyrrole nitrogens is 1. The Bertz CT molecular complexity index is 1020. The van der Waals surface area contributed by atoms with Gasteiger partial charge in [-0.2, -0.15) is 5.26 Å². The lowest BCUT2D eigenvalue weighted by Gasteiger charge is -2.15. The van der Waals surface area contributed by atoms with E-state index < -0.39 is 5.63 Å². The summed E-state index contributed by atoms with van der Waals surface area (Å²) in [5.74, 6) is 0.304. The summed E-state index contributed by atoms with van der Waals surface area (Å²) in [5, 5.41) is 14.4. The van der Waals surface area contributed by atoms with Crippen LogP contribution < -0.4 is 10.9 Å². The second kappa shape index (κ2) is 8.25. The highest BCUT2D eigenvalue weighted by Crippen LogP contribution is 2.29. The average Bonchev–Trinajstić information content (AvgIpc) is 3.11. The Labute approximate surface area is 153 Å². The van der Waals surface area contributed by atoms with E-state index in [1.165, 1.54) is 18.2 Å². The van der Waals surface area contributed by atoms with Crippen molar-refractivity contribution in [1.82, 2.24) is 15.1 Å². The molecule has 0 spiro atoms. The van der Waals surface area contributed by atoms with Gasteiger partial charge in [0.15, 0.2) is 5.82 Å². The van der Waals surface area contributed by atoms with Gasteiger partial charge in [-0.1, -0.05) is 0 Å². The summed E-state index contributed by atoms with van der Waals surface area (Å²) in [6, 6.07) is 8.94. The maximum Gasteiger partial charge on any atom is 0.357 e. The van der Waals surface area contributed by atoms with Crippen LogP contribution in [-0.2, 0) is 11.3 Å². The first kappa shape index (κ1) is 18.3. The first-order valence-corrected chi connectivity index (χ1v) is 8.16. The number of nitrogens with one attached hydrogen (secondary N) is 2. The van der Waals surface area contributed by atoms with Gasteiger partial charge in [-0.3, -0.25) is 0 Å². The number of halogens is 1. The fourth-order valence-electron chi connectivity index (χ4n) is 2.44. The van der Waals surface area contributed by atoms with Crippen LogP contribution in [0.5, 0.6) is 0 Å². The number of aromatic amines is 1. The average molecular weight is 369 g/mol. The summed E-state index contributed by atoms with van der Waals surface area (Å²) < 4.78 is 23.5. The third kappa shape index (κ3) is 4.19. The monoisotopic (exact) mass is 369 g/mol. The number of hydrogen-bond donors (Lipinski definition) is 2. The SMILES string of the molecule is CCOCc1c(NCC#N)nc(-c2ccc(F)cc2)nc1-c1cc(=O)o[nH]1. The molecule has 1 aromatic carbocycles. The molecule has 138 valence electrons. The molecule has 0 atom stereocenters. The molecule has 0 saturated carbocycles. The van der Waals surface area contributed by atoms with E-state index in [4.69, 9.17) is 14.5 Å². The zero-order valence-electron chi connectivity index (χ0n) is 14.5. The third-order valence-corrected chi connectivity index (χ3v) is 3.67. The predicted octanol–water partition coefficient (Wildman–Crippen LogP) is 2.70. The van der Waals surface area contributed by atoms with Crippen molar-refractivity contribution in [3.05, 3.63) is 52.1 Å². The Balaban J connectivity index is 2.19. The van der Waals surface area contributed by atoms with Gasteiger partial charge in [0.05, 0.1) is 18.7 Å². The van der Waals surface area contributed by atoms with E-state index in [0.29, 0.717) is 40.8 Å². The molecule has 0 amide bonds. The molecule has 3 rings (SSSR count). The molecule has 0 saturated heterocycles. The lowest BCUT2D eigenvalue weighted by Crippen LogP contribution is -2.10. The van der Waals surface area contributed by atoms with Crippen LogP contribution in [0.3, 0.4) is 0 Å². The highest BCUT2D eigenvalue weighted by atomic mass is 19.1. The quantitative estimate of drug-likeness (QED) is 0.615. The van der Waals surface area contributed by atoms with Crippen LogP contribution in [0.15, 0.2) is 39.6 Å². The Kier molecular flexibility index (Phi) is 5.58. The van der Waals surface area contributed by atoms with Crippen LogP contribution >= 0.6 is 0 Å². The maximum absolute atomic E-state index is 13.2. The molecule has 0 unspecified atom stereocenters. The minimum absolute atomic E-state index is 0.0142. The van der Waals surface area contributed by atoms with Gasteiger partial charge < -0.3 is 14.6 Å². The lowest BCUT2D eigenvalue weighted by molar-refractivity contribution is 0.134. The van der Waals surface area contributed by atoms with Gasteiger partial charge in [0.2, 0.25) is 0 Å². The van der Waals surface area contributed by atoms with E-state index in [1.807, 2.05) is 13.0 Å². The van der Waals surface area contributed by atoms with Crippen LogP contribution in [-0.4, -0.2) is 28.3 Å². The molecule has 8 nitrogen and oxygen atoms in total. The number of benzene rings is 1. The molecule has 2 N–H and O–H groups in total. The van der Waals surface area contributed by atoms with Crippen LogP contribution in [0.1, 0.15) is 12.5 Å². The second-order valence-corrected chi connectivity index (χ2v) is 5.46. The summed E-state index contributed by atoms with van der Waals surface area (Å²) in [6.45, 7) is 2.48. The van der Waals surface area contributed by atoms with Crippen LogP contribution in [0.25, 0.3) is 22.8 Å². The molecule has 3 aromatic rings. The van der Waals surface area contributed by atoms with Crippen molar-refractivity contribution in [3.8, 4) is 28.8 Å². The van der Waals surface area contributed by atoms with E-state index in [2.05, 4.69) is 20.4 Å². The van der Waals surface area contributed by atoms with E-state index in [1.54, 1.807) is 12.1 Å². The molecule has 0 aliphatic heterocycles. The molecular formula is C18H16FN5O3. The van der Waals surface area contributed by atoms with Gasteiger partial charge >= 0.3 is 5.63 Å². The van der Waals surface area contributed by atoms with Crippen molar-refractivity contribution in [1.29, 1.82) is 5.26 Å². The fraction of sp³-hybridized carbons (Fsp3) is 0.222. The van der Waals surface area contributed by atoms with E-state index in [-0.39, 0.29) is 19.0 Å². The summed E-state index contributed by atoms with van der Waals surface area (Å²) in [7, 11) is 0. The van der Waals surface area contributed by atoms with E-state index in [0.717, 1.165) is 0 Å².